The quantitative estimate of drug-likeness (QED) is 0.767. The fraction of sp³-hybridized carbons (Fsp3) is 0.0714. The number of benzene rings is 1. The van der Waals surface area contributed by atoms with Crippen molar-refractivity contribution < 1.29 is 4.74 Å². The Morgan fingerprint density at radius 2 is 2.05 bits per heavy atom. The molecule has 0 saturated heterocycles. The van der Waals surface area contributed by atoms with Crippen LogP contribution in [0.2, 0.25) is 0 Å². The maximum Gasteiger partial charge on any atom is 0.154 e. The zero-order valence-corrected chi connectivity index (χ0v) is 11.2. The van der Waals surface area contributed by atoms with Gasteiger partial charge in [0.1, 0.15) is 5.75 Å². The molecule has 0 unspecified atom stereocenters. The number of aromatic amines is 1. The van der Waals surface area contributed by atoms with Gasteiger partial charge < -0.3 is 10.5 Å². The van der Waals surface area contributed by atoms with E-state index in [1.165, 1.54) is 0 Å². The third-order valence-electron chi connectivity index (χ3n) is 2.94. The van der Waals surface area contributed by atoms with Gasteiger partial charge in [0.05, 0.1) is 18.4 Å². The Hall–Kier alpha value is -2.27. The highest BCUT2D eigenvalue weighted by Crippen LogP contribution is 2.40. The van der Waals surface area contributed by atoms with E-state index in [0.29, 0.717) is 5.82 Å². The van der Waals surface area contributed by atoms with Crippen LogP contribution in [0.15, 0.2) is 41.8 Å². The zero-order valence-electron chi connectivity index (χ0n) is 10.4. The molecule has 2 aromatic heterocycles. The van der Waals surface area contributed by atoms with E-state index in [0.717, 1.165) is 27.4 Å². The van der Waals surface area contributed by atoms with Crippen LogP contribution in [0.1, 0.15) is 0 Å². The SMILES string of the molecule is COc1ccccc1-c1[nH]nc(N)c1-c1cccs1. The van der Waals surface area contributed by atoms with E-state index in [2.05, 4.69) is 10.2 Å². The topological polar surface area (TPSA) is 63.9 Å². The van der Waals surface area contributed by atoms with Gasteiger partial charge in [-0.05, 0) is 23.6 Å². The first-order valence-corrected chi connectivity index (χ1v) is 6.70. The van der Waals surface area contributed by atoms with Crippen LogP contribution in [-0.4, -0.2) is 17.3 Å². The minimum atomic E-state index is 0.503. The normalized spacial score (nSPS) is 10.6. The molecule has 3 N–H and O–H groups in total. The van der Waals surface area contributed by atoms with Crippen LogP contribution >= 0.6 is 11.3 Å². The molecule has 0 aliphatic rings. The largest absolute Gasteiger partial charge is 0.496 e. The van der Waals surface area contributed by atoms with Gasteiger partial charge in [0, 0.05) is 10.4 Å². The van der Waals surface area contributed by atoms with Gasteiger partial charge >= 0.3 is 0 Å². The number of nitrogens with two attached hydrogens (primary N) is 1. The Labute approximate surface area is 114 Å². The number of methoxy groups -OCH3 is 1. The summed E-state index contributed by atoms with van der Waals surface area (Å²) >= 11 is 1.64. The molecule has 0 spiro atoms. The summed E-state index contributed by atoms with van der Waals surface area (Å²) in [4.78, 5) is 1.09. The summed E-state index contributed by atoms with van der Waals surface area (Å²) in [6.45, 7) is 0. The van der Waals surface area contributed by atoms with E-state index in [-0.39, 0.29) is 0 Å². The van der Waals surface area contributed by atoms with Gasteiger partial charge in [-0.3, -0.25) is 5.10 Å². The van der Waals surface area contributed by atoms with Gasteiger partial charge in [-0.1, -0.05) is 18.2 Å². The molecular weight excluding hydrogens is 258 g/mol. The van der Waals surface area contributed by atoms with Gasteiger partial charge in [0.25, 0.3) is 0 Å². The maximum atomic E-state index is 5.98. The predicted octanol–water partition coefficient (Wildman–Crippen LogP) is 3.40. The summed E-state index contributed by atoms with van der Waals surface area (Å²) < 4.78 is 5.40. The van der Waals surface area contributed by atoms with E-state index >= 15 is 0 Å². The second kappa shape index (κ2) is 4.78. The fourth-order valence-corrected chi connectivity index (χ4v) is 2.86. The number of anilines is 1. The molecule has 3 aromatic rings. The average molecular weight is 271 g/mol. The van der Waals surface area contributed by atoms with Crippen molar-refractivity contribution in [2.45, 2.75) is 0 Å². The number of nitrogen functional groups attached to an aromatic ring is 1. The molecule has 4 nitrogen and oxygen atoms in total. The lowest BCUT2D eigenvalue weighted by molar-refractivity contribution is 0.416. The number of rotatable bonds is 3. The number of hydrogen-bond acceptors (Lipinski definition) is 4. The number of hydrogen-bond donors (Lipinski definition) is 2. The number of ether oxygens (including phenoxy) is 1. The molecule has 96 valence electrons. The first-order chi connectivity index (χ1) is 9.31. The third kappa shape index (κ3) is 1.98. The first kappa shape index (κ1) is 11.8. The second-order valence-electron chi connectivity index (χ2n) is 4.04. The van der Waals surface area contributed by atoms with Crippen LogP contribution in [0, 0.1) is 0 Å². The van der Waals surface area contributed by atoms with Crippen molar-refractivity contribution in [3.8, 4) is 27.4 Å². The van der Waals surface area contributed by atoms with E-state index in [9.17, 15) is 0 Å². The molecule has 0 aliphatic carbocycles. The van der Waals surface area contributed by atoms with Crippen molar-refractivity contribution in [2.75, 3.05) is 12.8 Å². The van der Waals surface area contributed by atoms with Crippen molar-refractivity contribution in [1.29, 1.82) is 0 Å². The number of H-pyrrole nitrogens is 1. The lowest BCUT2D eigenvalue weighted by atomic mass is 10.1. The molecule has 0 aliphatic heterocycles. The highest BCUT2D eigenvalue weighted by Gasteiger charge is 2.17. The molecular formula is C14H13N3OS. The van der Waals surface area contributed by atoms with Gasteiger partial charge in [-0.25, -0.2) is 0 Å². The van der Waals surface area contributed by atoms with Crippen LogP contribution < -0.4 is 10.5 Å². The van der Waals surface area contributed by atoms with Gasteiger partial charge in [0.2, 0.25) is 0 Å². The number of nitrogens with one attached hydrogen (secondary N) is 1. The summed E-state index contributed by atoms with van der Waals surface area (Å²) in [7, 11) is 1.66. The van der Waals surface area contributed by atoms with E-state index in [1.807, 2.05) is 41.8 Å². The third-order valence-corrected chi connectivity index (χ3v) is 3.83. The number of para-hydroxylation sites is 1. The van der Waals surface area contributed by atoms with Crippen molar-refractivity contribution in [3.05, 3.63) is 41.8 Å². The molecule has 0 bridgehead atoms. The lowest BCUT2D eigenvalue weighted by Gasteiger charge is -2.08. The molecule has 3 rings (SSSR count). The van der Waals surface area contributed by atoms with Gasteiger partial charge in [-0.2, -0.15) is 5.10 Å². The monoisotopic (exact) mass is 271 g/mol. The van der Waals surface area contributed by atoms with E-state index < -0.39 is 0 Å². The lowest BCUT2D eigenvalue weighted by Crippen LogP contribution is -1.90. The first-order valence-electron chi connectivity index (χ1n) is 5.82. The molecule has 19 heavy (non-hydrogen) atoms. The fourth-order valence-electron chi connectivity index (χ4n) is 2.07. The van der Waals surface area contributed by atoms with Gasteiger partial charge in [-0.15, -0.1) is 11.3 Å². The Bertz CT molecular complexity index is 689. The van der Waals surface area contributed by atoms with Crippen molar-refractivity contribution in [2.24, 2.45) is 0 Å². The van der Waals surface area contributed by atoms with Crippen LogP contribution in [0.4, 0.5) is 5.82 Å². The maximum absolute atomic E-state index is 5.98. The van der Waals surface area contributed by atoms with E-state index in [4.69, 9.17) is 10.5 Å². The average Bonchev–Trinajstić information content (AvgIpc) is 3.07. The highest BCUT2D eigenvalue weighted by atomic mass is 32.1. The molecule has 2 heterocycles. The second-order valence-corrected chi connectivity index (χ2v) is 4.98. The zero-order chi connectivity index (χ0) is 13.2. The van der Waals surface area contributed by atoms with E-state index in [1.54, 1.807) is 18.4 Å². The molecule has 0 atom stereocenters. The molecule has 0 amide bonds. The minimum Gasteiger partial charge on any atom is -0.496 e. The van der Waals surface area contributed by atoms with Crippen molar-refractivity contribution >= 4 is 17.2 Å². The Morgan fingerprint density at radius 3 is 2.79 bits per heavy atom. The van der Waals surface area contributed by atoms with Crippen molar-refractivity contribution in [3.63, 3.8) is 0 Å². The number of aromatic nitrogens is 2. The van der Waals surface area contributed by atoms with Crippen LogP contribution in [0.25, 0.3) is 21.7 Å². The Balaban J connectivity index is 2.22. The molecule has 1 aromatic carbocycles. The molecule has 0 saturated carbocycles. The summed E-state index contributed by atoms with van der Waals surface area (Å²) in [5, 5.41) is 9.15. The smallest absolute Gasteiger partial charge is 0.154 e. The number of nitrogens with zero attached hydrogens (tertiary/aromatic N) is 1. The summed E-state index contributed by atoms with van der Waals surface area (Å²) in [5.41, 5.74) is 8.76. The standard InChI is InChI=1S/C14H13N3OS/c1-18-10-6-3-2-5-9(10)13-12(14(15)17-16-13)11-7-4-8-19-11/h2-8H,1H3,(H3,15,16,17). The Kier molecular flexibility index (Phi) is 2.97. The molecule has 0 radical (unpaired) electrons. The summed E-state index contributed by atoms with van der Waals surface area (Å²) in [6, 6.07) is 11.8. The molecule has 0 fully saturated rings. The predicted molar refractivity (Wildman–Crippen MR) is 78.3 cm³/mol. The number of thiophene rings is 1. The summed E-state index contributed by atoms with van der Waals surface area (Å²) in [6.07, 6.45) is 0. The van der Waals surface area contributed by atoms with Crippen LogP contribution in [0.5, 0.6) is 5.75 Å². The van der Waals surface area contributed by atoms with Crippen LogP contribution in [0.3, 0.4) is 0 Å². The molecule has 5 heteroatoms. The minimum absolute atomic E-state index is 0.503. The van der Waals surface area contributed by atoms with Gasteiger partial charge in [0.15, 0.2) is 5.82 Å². The summed E-state index contributed by atoms with van der Waals surface area (Å²) in [5.74, 6) is 1.30. The Morgan fingerprint density at radius 1 is 1.21 bits per heavy atom. The highest BCUT2D eigenvalue weighted by molar-refractivity contribution is 7.13. The van der Waals surface area contributed by atoms with Crippen molar-refractivity contribution in [1.82, 2.24) is 10.2 Å². The van der Waals surface area contributed by atoms with Crippen LogP contribution in [-0.2, 0) is 0 Å².